The zero-order valence-corrected chi connectivity index (χ0v) is 17.7. The second-order valence-electron chi connectivity index (χ2n) is 9.47. The number of piperidine rings is 1. The van der Waals surface area contributed by atoms with Crippen molar-refractivity contribution in [3.05, 3.63) is 36.0 Å². The minimum absolute atomic E-state index is 0.327. The van der Waals surface area contributed by atoms with Gasteiger partial charge in [0.05, 0.1) is 19.8 Å². The van der Waals surface area contributed by atoms with Gasteiger partial charge in [-0.1, -0.05) is 6.07 Å². The van der Waals surface area contributed by atoms with Crippen LogP contribution in [0.4, 0.5) is 0 Å². The average Bonchev–Trinajstić information content (AvgIpc) is 3.22. The summed E-state index contributed by atoms with van der Waals surface area (Å²) in [6.45, 7) is 8.37. The zero-order valence-electron chi connectivity index (χ0n) is 17.7. The van der Waals surface area contributed by atoms with Crippen LogP contribution in [-0.2, 0) is 16.0 Å². The molecule has 29 heavy (non-hydrogen) atoms. The van der Waals surface area contributed by atoms with E-state index < -0.39 is 0 Å². The van der Waals surface area contributed by atoms with Crippen LogP contribution < -0.4 is 0 Å². The third-order valence-corrected chi connectivity index (χ3v) is 7.75. The van der Waals surface area contributed by atoms with Crippen LogP contribution in [0.15, 0.2) is 30.5 Å². The van der Waals surface area contributed by atoms with Crippen molar-refractivity contribution in [2.75, 3.05) is 53.1 Å². The van der Waals surface area contributed by atoms with Gasteiger partial charge in [0, 0.05) is 56.5 Å². The quantitative estimate of drug-likeness (QED) is 0.838. The van der Waals surface area contributed by atoms with E-state index in [1.54, 1.807) is 0 Å². The Bertz CT molecular complexity index is 815. The monoisotopic (exact) mass is 397 g/mol. The zero-order chi connectivity index (χ0) is 19.7. The van der Waals surface area contributed by atoms with Gasteiger partial charge in [-0.15, -0.1) is 0 Å². The maximum Gasteiger partial charge on any atom is 0.0594 e. The van der Waals surface area contributed by atoms with E-state index >= 15 is 0 Å². The molecular formula is C24H35N3O2. The van der Waals surface area contributed by atoms with Gasteiger partial charge in [-0.3, -0.25) is 9.80 Å². The summed E-state index contributed by atoms with van der Waals surface area (Å²) in [4.78, 5) is 8.67. The van der Waals surface area contributed by atoms with Crippen molar-refractivity contribution in [3.63, 3.8) is 0 Å². The van der Waals surface area contributed by atoms with E-state index in [4.69, 9.17) is 9.47 Å². The standard InChI is InChI=1S/C24H35N3O2/c1-28-18-24-7-4-22(27-10-12-29-13-11-27)15-21(24)6-9-26(17-24)16-19-2-3-23-20(14-19)5-8-25-23/h2-3,5,8,14,21-22,25H,4,6-7,9-13,15-18H2,1H3. The molecule has 3 fully saturated rings. The predicted molar refractivity (Wildman–Crippen MR) is 116 cm³/mol. The summed E-state index contributed by atoms with van der Waals surface area (Å²) < 4.78 is 11.4. The van der Waals surface area contributed by atoms with Crippen molar-refractivity contribution in [2.45, 2.75) is 38.3 Å². The molecule has 1 saturated carbocycles. The maximum absolute atomic E-state index is 5.80. The first kappa shape index (κ1) is 19.6. The first-order chi connectivity index (χ1) is 14.3. The van der Waals surface area contributed by atoms with Crippen LogP contribution in [0.25, 0.3) is 10.9 Å². The highest BCUT2D eigenvalue weighted by atomic mass is 16.5. The van der Waals surface area contributed by atoms with Crippen LogP contribution >= 0.6 is 0 Å². The molecule has 2 aliphatic heterocycles. The molecule has 0 radical (unpaired) electrons. The van der Waals surface area contributed by atoms with Crippen molar-refractivity contribution in [1.82, 2.24) is 14.8 Å². The Morgan fingerprint density at radius 1 is 1.17 bits per heavy atom. The van der Waals surface area contributed by atoms with Gasteiger partial charge in [0.25, 0.3) is 0 Å². The van der Waals surface area contributed by atoms with Crippen molar-refractivity contribution in [2.24, 2.45) is 11.3 Å². The third-order valence-electron chi connectivity index (χ3n) is 7.75. The molecule has 0 bridgehead atoms. The van der Waals surface area contributed by atoms with E-state index in [0.29, 0.717) is 5.41 Å². The fourth-order valence-electron chi connectivity index (χ4n) is 6.24. The second kappa shape index (κ2) is 8.38. The van der Waals surface area contributed by atoms with E-state index in [-0.39, 0.29) is 0 Å². The van der Waals surface area contributed by atoms with Crippen LogP contribution in [-0.4, -0.2) is 73.9 Å². The number of aromatic amines is 1. The van der Waals surface area contributed by atoms with E-state index in [2.05, 4.69) is 39.0 Å². The molecular weight excluding hydrogens is 362 g/mol. The molecule has 0 amide bonds. The Kier molecular flexibility index (Phi) is 5.65. The number of fused-ring (bicyclic) bond motifs is 2. The van der Waals surface area contributed by atoms with E-state index in [9.17, 15) is 0 Å². The minimum Gasteiger partial charge on any atom is -0.384 e. The lowest BCUT2D eigenvalue weighted by atomic mass is 9.61. The highest BCUT2D eigenvalue weighted by Gasteiger charge is 2.47. The highest BCUT2D eigenvalue weighted by Crippen LogP contribution is 2.48. The maximum atomic E-state index is 5.80. The smallest absolute Gasteiger partial charge is 0.0594 e. The average molecular weight is 398 g/mol. The molecule has 1 N–H and O–H groups in total. The molecule has 5 rings (SSSR count). The molecule has 3 atom stereocenters. The topological polar surface area (TPSA) is 40.7 Å². The van der Waals surface area contributed by atoms with E-state index in [0.717, 1.165) is 51.4 Å². The van der Waals surface area contributed by atoms with Gasteiger partial charge < -0.3 is 14.5 Å². The number of aromatic nitrogens is 1. The lowest BCUT2D eigenvalue weighted by Crippen LogP contribution is -2.56. The molecule has 1 aromatic heterocycles. The lowest BCUT2D eigenvalue weighted by Gasteiger charge is -2.54. The number of hydrogen-bond donors (Lipinski definition) is 1. The highest BCUT2D eigenvalue weighted by molar-refractivity contribution is 5.79. The molecule has 158 valence electrons. The van der Waals surface area contributed by atoms with E-state index in [1.165, 1.54) is 55.2 Å². The summed E-state index contributed by atoms with van der Waals surface area (Å²) in [5, 5.41) is 1.31. The number of H-pyrrole nitrogens is 1. The number of morpholine rings is 1. The summed E-state index contributed by atoms with van der Waals surface area (Å²) in [5.74, 6) is 0.785. The van der Waals surface area contributed by atoms with Crippen LogP contribution in [0.5, 0.6) is 0 Å². The number of nitrogens with zero attached hydrogens (tertiary/aromatic N) is 2. The Labute approximate surface area is 174 Å². The fourth-order valence-corrected chi connectivity index (χ4v) is 6.24. The van der Waals surface area contributed by atoms with E-state index in [1.807, 2.05) is 13.3 Å². The summed E-state index contributed by atoms with van der Waals surface area (Å²) in [5.41, 5.74) is 2.98. The van der Waals surface area contributed by atoms with Crippen molar-refractivity contribution in [3.8, 4) is 0 Å². The summed E-state index contributed by atoms with van der Waals surface area (Å²) in [6, 6.07) is 9.76. The number of methoxy groups -OCH3 is 1. The number of rotatable bonds is 5. The number of benzene rings is 1. The first-order valence-electron chi connectivity index (χ1n) is 11.3. The molecule has 2 saturated heterocycles. The van der Waals surface area contributed by atoms with Gasteiger partial charge in [-0.25, -0.2) is 0 Å². The molecule has 2 aromatic rings. The molecule has 3 aliphatic rings. The molecule has 1 aliphatic carbocycles. The first-order valence-corrected chi connectivity index (χ1v) is 11.3. The minimum atomic E-state index is 0.327. The second-order valence-corrected chi connectivity index (χ2v) is 9.47. The van der Waals surface area contributed by atoms with Crippen LogP contribution in [0.3, 0.4) is 0 Å². The Balaban J connectivity index is 1.27. The summed E-state index contributed by atoms with van der Waals surface area (Å²) in [7, 11) is 1.89. The van der Waals surface area contributed by atoms with Gasteiger partial charge in [0.2, 0.25) is 0 Å². The SMILES string of the molecule is COCC12CCC(N3CCOCC3)CC1CCN(Cc1ccc3[nH]ccc3c1)C2. The van der Waals surface area contributed by atoms with Gasteiger partial charge in [-0.2, -0.15) is 0 Å². The molecule has 3 unspecified atom stereocenters. The van der Waals surface area contributed by atoms with Gasteiger partial charge >= 0.3 is 0 Å². The summed E-state index contributed by atoms with van der Waals surface area (Å²) >= 11 is 0. The predicted octanol–water partition coefficient (Wildman–Crippen LogP) is 3.51. The lowest BCUT2D eigenvalue weighted by molar-refractivity contribution is -0.0870. The Morgan fingerprint density at radius 3 is 2.93 bits per heavy atom. The molecule has 3 heterocycles. The Morgan fingerprint density at radius 2 is 2.07 bits per heavy atom. The van der Waals surface area contributed by atoms with Gasteiger partial charge in [0.1, 0.15) is 0 Å². The molecule has 0 spiro atoms. The van der Waals surface area contributed by atoms with Crippen LogP contribution in [0, 0.1) is 11.3 Å². The van der Waals surface area contributed by atoms with Gasteiger partial charge in [0.15, 0.2) is 0 Å². The number of ether oxygens (including phenoxy) is 2. The number of likely N-dealkylation sites (tertiary alicyclic amines) is 1. The van der Waals surface area contributed by atoms with Crippen molar-refractivity contribution in [1.29, 1.82) is 0 Å². The molecule has 1 aromatic carbocycles. The normalized spacial score (nSPS) is 31.8. The summed E-state index contributed by atoms with van der Waals surface area (Å²) in [6.07, 6.45) is 7.27. The van der Waals surface area contributed by atoms with Gasteiger partial charge in [-0.05, 0) is 67.3 Å². The number of nitrogens with one attached hydrogen (secondary N) is 1. The van der Waals surface area contributed by atoms with Crippen LogP contribution in [0.1, 0.15) is 31.2 Å². The molecule has 5 heteroatoms. The third kappa shape index (κ3) is 3.98. The largest absolute Gasteiger partial charge is 0.384 e. The fraction of sp³-hybridized carbons (Fsp3) is 0.667. The number of hydrogen-bond acceptors (Lipinski definition) is 4. The van der Waals surface area contributed by atoms with Crippen molar-refractivity contribution >= 4 is 10.9 Å². The van der Waals surface area contributed by atoms with Crippen molar-refractivity contribution < 1.29 is 9.47 Å². The Hall–Kier alpha value is -1.40. The molecule has 5 nitrogen and oxygen atoms in total. The van der Waals surface area contributed by atoms with Crippen LogP contribution in [0.2, 0.25) is 0 Å².